The van der Waals surface area contributed by atoms with Crippen molar-refractivity contribution in [3.8, 4) is 0 Å². The molecule has 21 heavy (non-hydrogen) atoms. The van der Waals surface area contributed by atoms with Crippen LogP contribution in [0.4, 0.5) is 5.69 Å². The van der Waals surface area contributed by atoms with E-state index in [0.29, 0.717) is 31.9 Å². The van der Waals surface area contributed by atoms with E-state index >= 15 is 0 Å². The van der Waals surface area contributed by atoms with Crippen LogP contribution in [0.5, 0.6) is 0 Å². The number of nitrogens with two attached hydrogens (primary N) is 1. The maximum absolute atomic E-state index is 12.5. The highest BCUT2D eigenvalue weighted by Gasteiger charge is 2.26. The van der Waals surface area contributed by atoms with Gasteiger partial charge in [0.15, 0.2) is 5.69 Å². The van der Waals surface area contributed by atoms with Crippen LogP contribution in [0.3, 0.4) is 0 Å². The number of rotatable bonds is 2. The van der Waals surface area contributed by atoms with Crippen LogP contribution in [-0.4, -0.2) is 58.0 Å². The van der Waals surface area contributed by atoms with Crippen LogP contribution in [-0.2, 0) is 4.79 Å². The standard InChI is InChI=1S/C14H23N5O2/c1-9(2)12-11(15)13(17-16-12)14(21)19-6-4-5-18(7-8-19)10(3)20/h9H,4-8,15H2,1-3H3,(H,16,17). The Balaban J connectivity index is 2.11. The van der Waals surface area contributed by atoms with Gasteiger partial charge in [0.2, 0.25) is 5.91 Å². The van der Waals surface area contributed by atoms with Crippen LogP contribution in [0.15, 0.2) is 0 Å². The summed E-state index contributed by atoms with van der Waals surface area (Å²) in [6, 6.07) is 0. The smallest absolute Gasteiger partial charge is 0.276 e. The summed E-state index contributed by atoms with van der Waals surface area (Å²) in [6.45, 7) is 7.92. The number of hydrogen-bond donors (Lipinski definition) is 2. The molecular weight excluding hydrogens is 270 g/mol. The number of amides is 2. The molecule has 0 aliphatic carbocycles. The summed E-state index contributed by atoms with van der Waals surface area (Å²) in [5, 5.41) is 6.92. The number of nitrogens with one attached hydrogen (secondary N) is 1. The number of nitrogens with zero attached hydrogens (tertiary/aromatic N) is 3. The Morgan fingerprint density at radius 3 is 2.38 bits per heavy atom. The molecule has 0 spiro atoms. The van der Waals surface area contributed by atoms with Crippen LogP contribution in [0.2, 0.25) is 0 Å². The van der Waals surface area contributed by atoms with Gasteiger partial charge in [-0.3, -0.25) is 14.7 Å². The minimum absolute atomic E-state index is 0.0469. The number of nitrogen functional groups attached to an aromatic ring is 1. The molecule has 1 saturated heterocycles. The SMILES string of the molecule is CC(=O)N1CCCN(C(=O)c2n[nH]c(C(C)C)c2N)CC1. The molecule has 116 valence electrons. The zero-order valence-corrected chi connectivity index (χ0v) is 12.8. The third kappa shape index (κ3) is 3.17. The zero-order valence-electron chi connectivity index (χ0n) is 12.8. The lowest BCUT2D eigenvalue weighted by Crippen LogP contribution is -2.36. The van der Waals surface area contributed by atoms with E-state index in [-0.39, 0.29) is 23.4 Å². The third-order valence-corrected chi connectivity index (χ3v) is 3.84. The fraction of sp³-hybridized carbons (Fsp3) is 0.643. The normalized spacial score (nSPS) is 16.2. The van der Waals surface area contributed by atoms with Crippen molar-refractivity contribution < 1.29 is 9.59 Å². The van der Waals surface area contributed by atoms with E-state index in [1.54, 1.807) is 16.7 Å². The van der Waals surface area contributed by atoms with E-state index in [1.807, 2.05) is 13.8 Å². The van der Waals surface area contributed by atoms with Crippen LogP contribution >= 0.6 is 0 Å². The van der Waals surface area contributed by atoms with Gasteiger partial charge in [-0.2, -0.15) is 5.10 Å². The molecule has 1 aliphatic heterocycles. The van der Waals surface area contributed by atoms with Crippen LogP contribution in [0.1, 0.15) is 49.3 Å². The fourth-order valence-corrected chi connectivity index (χ4v) is 2.55. The molecule has 2 rings (SSSR count). The summed E-state index contributed by atoms with van der Waals surface area (Å²) in [7, 11) is 0. The van der Waals surface area contributed by atoms with Gasteiger partial charge in [0.25, 0.3) is 5.91 Å². The second-order valence-corrected chi connectivity index (χ2v) is 5.71. The average Bonchev–Trinajstić information content (AvgIpc) is 2.66. The van der Waals surface area contributed by atoms with Gasteiger partial charge < -0.3 is 15.5 Å². The van der Waals surface area contributed by atoms with E-state index in [1.165, 1.54) is 0 Å². The van der Waals surface area contributed by atoms with Crippen molar-refractivity contribution >= 4 is 17.5 Å². The van der Waals surface area contributed by atoms with Gasteiger partial charge in [0, 0.05) is 33.1 Å². The molecule has 1 fully saturated rings. The van der Waals surface area contributed by atoms with Crippen LogP contribution < -0.4 is 5.73 Å². The van der Waals surface area contributed by atoms with E-state index < -0.39 is 0 Å². The number of aromatic nitrogens is 2. The summed E-state index contributed by atoms with van der Waals surface area (Å²) in [5.74, 6) is 0.0723. The van der Waals surface area contributed by atoms with Gasteiger partial charge in [-0.05, 0) is 12.3 Å². The first kappa shape index (κ1) is 15.3. The van der Waals surface area contributed by atoms with Gasteiger partial charge in [-0.25, -0.2) is 0 Å². The zero-order chi connectivity index (χ0) is 15.6. The number of aromatic amines is 1. The van der Waals surface area contributed by atoms with Crippen molar-refractivity contribution in [1.29, 1.82) is 0 Å². The quantitative estimate of drug-likeness (QED) is 0.843. The van der Waals surface area contributed by atoms with Crippen molar-refractivity contribution in [2.75, 3.05) is 31.9 Å². The molecule has 2 amide bonds. The lowest BCUT2D eigenvalue weighted by Gasteiger charge is -2.20. The van der Waals surface area contributed by atoms with Crippen molar-refractivity contribution in [1.82, 2.24) is 20.0 Å². The van der Waals surface area contributed by atoms with Crippen molar-refractivity contribution in [3.63, 3.8) is 0 Å². The second-order valence-electron chi connectivity index (χ2n) is 5.71. The lowest BCUT2D eigenvalue weighted by molar-refractivity contribution is -0.128. The number of H-pyrrole nitrogens is 1. The number of hydrogen-bond acceptors (Lipinski definition) is 4. The molecule has 2 heterocycles. The summed E-state index contributed by atoms with van der Waals surface area (Å²) < 4.78 is 0. The molecule has 3 N–H and O–H groups in total. The van der Waals surface area contributed by atoms with Crippen molar-refractivity contribution in [2.45, 2.75) is 33.1 Å². The highest BCUT2D eigenvalue weighted by molar-refractivity contribution is 5.97. The molecule has 0 saturated carbocycles. The van der Waals surface area contributed by atoms with Crippen LogP contribution in [0.25, 0.3) is 0 Å². The first-order chi connectivity index (χ1) is 9.91. The molecule has 0 aromatic carbocycles. The Bertz CT molecular complexity index is 537. The molecule has 1 aliphatic rings. The van der Waals surface area contributed by atoms with Gasteiger partial charge >= 0.3 is 0 Å². The molecular formula is C14H23N5O2. The summed E-state index contributed by atoms with van der Waals surface area (Å²) >= 11 is 0. The Kier molecular flexibility index (Phi) is 4.50. The molecule has 0 atom stereocenters. The van der Waals surface area contributed by atoms with Crippen molar-refractivity contribution in [2.24, 2.45) is 0 Å². The fourth-order valence-electron chi connectivity index (χ4n) is 2.55. The van der Waals surface area contributed by atoms with E-state index in [0.717, 1.165) is 12.1 Å². The number of anilines is 1. The Morgan fingerprint density at radius 2 is 1.81 bits per heavy atom. The largest absolute Gasteiger partial charge is 0.395 e. The van der Waals surface area contributed by atoms with E-state index in [4.69, 9.17) is 5.73 Å². The van der Waals surface area contributed by atoms with Crippen molar-refractivity contribution in [3.05, 3.63) is 11.4 Å². The predicted octanol–water partition coefficient (Wildman–Crippen LogP) is 0.810. The minimum atomic E-state index is -0.166. The summed E-state index contributed by atoms with van der Waals surface area (Å²) in [4.78, 5) is 27.4. The molecule has 0 radical (unpaired) electrons. The maximum atomic E-state index is 12.5. The Labute approximate surface area is 124 Å². The molecule has 1 aromatic heterocycles. The summed E-state index contributed by atoms with van der Waals surface area (Å²) in [6.07, 6.45) is 0.771. The number of carbonyl (C=O) groups is 2. The first-order valence-electron chi connectivity index (χ1n) is 7.30. The topological polar surface area (TPSA) is 95.3 Å². The Hall–Kier alpha value is -2.05. The Morgan fingerprint density at radius 1 is 1.19 bits per heavy atom. The minimum Gasteiger partial charge on any atom is -0.395 e. The molecule has 7 nitrogen and oxygen atoms in total. The van der Waals surface area contributed by atoms with E-state index in [9.17, 15) is 9.59 Å². The van der Waals surface area contributed by atoms with Gasteiger partial charge in [-0.15, -0.1) is 0 Å². The number of carbonyl (C=O) groups excluding carboxylic acids is 2. The monoisotopic (exact) mass is 293 g/mol. The van der Waals surface area contributed by atoms with Crippen LogP contribution in [0, 0.1) is 0 Å². The van der Waals surface area contributed by atoms with E-state index in [2.05, 4.69) is 10.2 Å². The maximum Gasteiger partial charge on any atom is 0.276 e. The molecule has 0 unspecified atom stereocenters. The van der Waals surface area contributed by atoms with Gasteiger partial charge in [0.05, 0.1) is 11.4 Å². The molecule has 1 aromatic rings. The second kappa shape index (κ2) is 6.15. The first-order valence-corrected chi connectivity index (χ1v) is 7.30. The predicted molar refractivity (Wildman–Crippen MR) is 79.9 cm³/mol. The van der Waals surface area contributed by atoms with Gasteiger partial charge in [0.1, 0.15) is 0 Å². The van der Waals surface area contributed by atoms with Gasteiger partial charge in [-0.1, -0.05) is 13.8 Å². The highest BCUT2D eigenvalue weighted by atomic mass is 16.2. The molecule has 7 heteroatoms. The molecule has 0 bridgehead atoms. The summed E-state index contributed by atoms with van der Waals surface area (Å²) in [5.41, 5.74) is 7.53. The third-order valence-electron chi connectivity index (χ3n) is 3.84. The average molecular weight is 293 g/mol. The lowest BCUT2D eigenvalue weighted by atomic mass is 10.1. The highest BCUT2D eigenvalue weighted by Crippen LogP contribution is 2.23.